The number of methoxy groups -OCH3 is 1. The molecule has 0 spiro atoms. The Morgan fingerprint density at radius 2 is 2.08 bits per heavy atom. The highest BCUT2D eigenvalue weighted by Gasteiger charge is 2.27. The Morgan fingerprint density at radius 3 is 2.68 bits per heavy atom. The van der Waals surface area contributed by atoms with Crippen molar-refractivity contribution in [3.05, 3.63) is 29.3 Å². The summed E-state index contributed by atoms with van der Waals surface area (Å²) < 4.78 is 10.5. The van der Waals surface area contributed by atoms with Gasteiger partial charge in [-0.15, -0.1) is 0 Å². The van der Waals surface area contributed by atoms with Crippen LogP contribution in [0.3, 0.4) is 0 Å². The third kappa shape index (κ3) is 5.11. The van der Waals surface area contributed by atoms with Crippen molar-refractivity contribution in [2.75, 3.05) is 33.9 Å². The third-order valence-electron chi connectivity index (χ3n) is 4.55. The van der Waals surface area contributed by atoms with E-state index in [1.54, 1.807) is 14.2 Å². The summed E-state index contributed by atoms with van der Waals surface area (Å²) >= 11 is 0. The third-order valence-corrected chi connectivity index (χ3v) is 4.55. The molecule has 0 saturated carbocycles. The number of benzene rings is 1. The second kappa shape index (κ2) is 9.30. The first kappa shape index (κ1) is 19.1. The molecule has 0 unspecified atom stereocenters. The van der Waals surface area contributed by atoms with Crippen LogP contribution in [0.1, 0.15) is 30.9 Å². The minimum Gasteiger partial charge on any atom is -0.496 e. The van der Waals surface area contributed by atoms with E-state index in [0.29, 0.717) is 13.2 Å². The first-order chi connectivity index (χ1) is 12.1. The van der Waals surface area contributed by atoms with Gasteiger partial charge in [-0.05, 0) is 43.9 Å². The molecule has 1 aliphatic rings. The molecule has 0 aliphatic carbocycles. The van der Waals surface area contributed by atoms with E-state index in [4.69, 9.17) is 9.47 Å². The van der Waals surface area contributed by atoms with Crippen LogP contribution in [0, 0.1) is 12.8 Å². The summed E-state index contributed by atoms with van der Waals surface area (Å²) in [5.74, 6) is 1.69. The van der Waals surface area contributed by atoms with Gasteiger partial charge in [0.25, 0.3) is 0 Å². The van der Waals surface area contributed by atoms with Gasteiger partial charge in [0.15, 0.2) is 5.96 Å². The number of carbonyl (C=O) groups is 1. The molecule has 0 amide bonds. The topological polar surface area (TPSA) is 63.2 Å². The van der Waals surface area contributed by atoms with Crippen molar-refractivity contribution in [3.8, 4) is 5.75 Å². The zero-order valence-electron chi connectivity index (χ0n) is 15.7. The molecule has 138 valence electrons. The Balaban J connectivity index is 1.88. The Kier molecular flexibility index (Phi) is 7.10. The molecule has 1 aliphatic heterocycles. The molecule has 0 bridgehead atoms. The lowest BCUT2D eigenvalue weighted by molar-refractivity contribution is -0.149. The highest BCUT2D eigenvalue weighted by Crippen LogP contribution is 2.20. The van der Waals surface area contributed by atoms with E-state index in [-0.39, 0.29) is 11.9 Å². The highest BCUT2D eigenvalue weighted by molar-refractivity contribution is 5.80. The number of hydrogen-bond acceptors (Lipinski definition) is 4. The molecular weight excluding hydrogens is 318 g/mol. The molecule has 1 fully saturated rings. The fourth-order valence-corrected chi connectivity index (χ4v) is 3.07. The molecule has 1 N–H and O–H groups in total. The summed E-state index contributed by atoms with van der Waals surface area (Å²) in [5.41, 5.74) is 2.27. The number of ether oxygens (including phenoxy) is 2. The number of nitrogens with one attached hydrogen (secondary N) is 1. The van der Waals surface area contributed by atoms with Crippen LogP contribution in [0.2, 0.25) is 0 Å². The fourth-order valence-electron chi connectivity index (χ4n) is 3.07. The standard InChI is InChI=1S/C19H29N3O3/c1-5-25-18(23)16-8-10-22(11-9-16)19(20-3)21-13-15-7-6-14(2)17(12-15)24-4/h6-7,12,16H,5,8-11,13H2,1-4H3,(H,20,21). The minimum absolute atomic E-state index is 0.00988. The number of aryl methyl sites for hydroxylation is 1. The maximum Gasteiger partial charge on any atom is 0.309 e. The monoisotopic (exact) mass is 347 g/mol. The summed E-state index contributed by atoms with van der Waals surface area (Å²) in [6, 6.07) is 6.19. The molecular formula is C19H29N3O3. The summed E-state index contributed by atoms with van der Waals surface area (Å²) in [6.45, 7) is 6.62. The van der Waals surface area contributed by atoms with Gasteiger partial charge in [-0.3, -0.25) is 9.79 Å². The van der Waals surface area contributed by atoms with Crippen LogP contribution in [0.25, 0.3) is 0 Å². The summed E-state index contributed by atoms with van der Waals surface area (Å²) in [4.78, 5) is 18.4. The lowest BCUT2D eigenvalue weighted by Gasteiger charge is -2.33. The number of likely N-dealkylation sites (tertiary alicyclic amines) is 1. The quantitative estimate of drug-likeness (QED) is 0.503. The predicted molar refractivity (Wildman–Crippen MR) is 98.9 cm³/mol. The normalized spacial score (nSPS) is 15.8. The smallest absolute Gasteiger partial charge is 0.309 e. The number of carbonyl (C=O) groups excluding carboxylic acids is 1. The average Bonchev–Trinajstić information content (AvgIpc) is 2.64. The van der Waals surface area contributed by atoms with Crippen molar-refractivity contribution in [2.24, 2.45) is 10.9 Å². The van der Waals surface area contributed by atoms with Gasteiger partial charge < -0.3 is 19.7 Å². The second-order valence-electron chi connectivity index (χ2n) is 6.22. The van der Waals surface area contributed by atoms with E-state index >= 15 is 0 Å². The van der Waals surface area contributed by atoms with Crippen molar-refractivity contribution in [3.63, 3.8) is 0 Å². The van der Waals surface area contributed by atoms with Gasteiger partial charge in [-0.2, -0.15) is 0 Å². The van der Waals surface area contributed by atoms with Gasteiger partial charge in [0, 0.05) is 26.7 Å². The number of nitrogens with zero attached hydrogens (tertiary/aromatic N) is 2. The van der Waals surface area contributed by atoms with Gasteiger partial charge in [0.05, 0.1) is 19.6 Å². The summed E-state index contributed by atoms with van der Waals surface area (Å²) in [6.07, 6.45) is 1.61. The number of esters is 1. The lowest BCUT2D eigenvalue weighted by Crippen LogP contribution is -2.46. The molecule has 0 radical (unpaired) electrons. The van der Waals surface area contributed by atoms with E-state index in [1.165, 1.54) is 0 Å². The largest absolute Gasteiger partial charge is 0.496 e. The molecule has 1 aromatic carbocycles. The predicted octanol–water partition coefficient (Wildman–Crippen LogP) is 2.35. The van der Waals surface area contributed by atoms with Gasteiger partial charge in [0.1, 0.15) is 5.75 Å². The maximum absolute atomic E-state index is 11.8. The average molecular weight is 347 g/mol. The van der Waals surface area contributed by atoms with Crippen LogP contribution in [-0.4, -0.2) is 50.7 Å². The fraction of sp³-hybridized carbons (Fsp3) is 0.579. The maximum atomic E-state index is 11.8. The Labute approximate surface area is 150 Å². The molecule has 25 heavy (non-hydrogen) atoms. The molecule has 1 heterocycles. The molecule has 6 nitrogen and oxygen atoms in total. The van der Waals surface area contributed by atoms with Crippen molar-refractivity contribution in [1.82, 2.24) is 10.2 Å². The van der Waals surface area contributed by atoms with E-state index in [0.717, 1.165) is 48.8 Å². The van der Waals surface area contributed by atoms with Gasteiger partial charge in [-0.25, -0.2) is 0 Å². The molecule has 1 saturated heterocycles. The van der Waals surface area contributed by atoms with Gasteiger partial charge in [-0.1, -0.05) is 12.1 Å². The van der Waals surface area contributed by atoms with Crippen LogP contribution >= 0.6 is 0 Å². The SMILES string of the molecule is CCOC(=O)C1CCN(C(=NC)NCc2ccc(C)c(OC)c2)CC1. The van der Waals surface area contributed by atoms with E-state index in [2.05, 4.69) is 27.3 Å². The van der Waals surface area contributed by atoms with E-state index < -0.39 is 0 Å². The number of piperidine rings is 1. The van der Waals surface area contributed by atoms with E-state index in [1.807, 2.05) is 19.9 Å². The zero-order valence-corrected chi connectivity index (χ0v) is 15.7. The number of guanidine groups is 1. The van der Waals surface area contributed by atoms with Crippen molar-refractivity contribution < 1.29 is 14.3 Å². The summed E-state index contributed by atoms with van der Waals surface area (Å²) in [7, 11) is 3.47. The summed E-state index contributed by atoms with van der Waals surface area (Å²) in [5, 5.41) is 3.40. The molecule has 0 atom stereocenters. The van der Waals surface area contributed by atoms with E-state index in [9.17, 15) is 4.79 Å². The zero-order chi connectivity index (χ0) is 18.2. The Hall–Kier alpha value is -2.24. The van der Waals surface area contributed by atoms with Crippen LogP contribution in [0.5, 0.6) is 5.75 Å². The second-order valence-corrected chi connectivity index (χ2v) is 6.22. The number of rotatable bonds is 5. The van der Waals surface area contributed by atoms with Gasteiger partial charge >= 0.3 is 5.97 Å². The van der Waals surface area contributed by atoms with Gasteiger partial charge in [0.2, 0.25) is 0 Å². The molecule has 6 heteroatoms. The Bertz CT molecular complexity index is 608. The molecule has 1 aromatic rings. The molecule has 2 rings (SSSR count). The number of aliphatic imine (C=N–C) groups is 1. The minimum atomic E-state index is -0.0724. The Morgan fingerprint density at radius 1 is 1.36 bits per heavy atom. The van der Waals surface area contributed by atoms with Crippen molar-refractivity contribution >= 4 is 11.9 Å². The first-order valence-corrected chi connectivity index (χ1v) is 8.84. The number of hydrogen-bond donors (Lipinski definition) is 1. The van der Waals surface area contributed by atoms with Crippen LogP contribution < -0.4 is 10.1 Å². The van der Waals surface area contributed by atoms with Crippen LogP contribution in [0.15, 0.2) is 23.2 Å². The molecule has 0 aromatic heterocycles. The van der Waals surface area contributed by atoms with Crippen molar-refractivity contribution in [1.29, 1.82) is 0 Å². The first-order valence-electron chi connectivity index (χ1n) is 8.84. The van der Waals surface area contributed by atoms with Crippen LogP contribution in [0.4, 0.5) is 0 Å². The lowest BCUT2D eigenvalue weighted by atomic mass is 9.97. The van der Waals surface area contributed by atoms with Crippen LogP contribution in [-0.2, 0) is 16.1 Å². The van der Waals surface area contributed by atoms with Crippen molar-refractivity contribution in [2.45, 2.75) is 33.2 Å². The highest BCUT2D eigenvalue weighted by atomic mass is 16.5.